The third kappa shape index (κ3) is 4.03. The molecule has 2 aliphatic rings. The summed E-state index contributed by atoms with van der Waals surface area (Å²) < 4.78 is 2.72. The summed E-state index contributed by atoms with van der Waals surface area (Å²) in [5, 5.41) is 18.0. The first-order chi connectivity index (χ1) is 15.2. The number of hydrogen-bond donors (Lipinski definition) is 2. The van der Waals surface area contributed by atoms with Crippen molar-refractivity contribution in [1.82, 2.24) is 24.4 Å². The van der Waals surface area contributed by atoms with Crippen molar-refractivity contribution in [2.75, 3.05) is 6.54 Å². The highest BCUT2D eigenvalue weighted by Gasteiger charge is 2.30. The van der Waals surface area contributed by atoms with Crippen molar-refractivity contribution in [1.29, 1.82) is 0 Å². The zero-order valence-electron chi connectivity index (χ0n) is 19.1. The van der Waals surface area contributed by atoms with Gasteiger partial charge in [-0.25, -0.2) is 0 Å². The number of fused-ring (bicyclic) bond motifs is 1. The van der Waals surface area contributed by atoms with Gasteiger partial charge in [0.1, 0.15) is 5.65 Å². The highest BCUT2D eigenvalue weighted by atomic mass is 16.3. The van der Waals surface area contributed by atoms with Gasteiger partial charge in [0, 0.05) is 36.8 Å². The molecule has 0 bridgehead atoms. The number of likely N-dealkylation sites (tertiary alicyclic amines) is 1. The molecule has 2 aromatic heterocycles. The average Bonchev–Trinajstić information content (AvgIpc) is 3.32. The first kappa shape index (κ1) is 22.1. The maximum absolute atomic E-state index is 13.3. The van der Waals surface area contributed by atoms with Gasteiger partial charge in [-0.3, -0.25) is 19.0 Å². The first-order valence-corrected chi connectivity index (χ1v) is 11.3. The predicted octanol–water partition coefficient (Wildman–Crippen LogP) is 2.08. The Kier molecular flexibility index (Phi) is 5.83. The van der Waals surface area contributed by atoms with Gasteiger partial charge < -0.3 is 15.3 Å². The molecule has 1 saturated heterocycles. The first-order valence-electron chi connectivity index (χ1n) is 11.3. The molecule has 1 atom stereocenters. The maximum atomic E-state index is 13.3. The third-order valence-corrected chi connectivity index (χ3v) is 6.14. The van der Waals surface area contributed by atoms with Crippen molar-refractivity contribution < 1.29 is 14.7 Å². The highest BCUT2D eigenvalue weighted by Crippen LogP contribution is 2.25. The molecule has 172 valence electrons. The van der Waals surface area contributed by atoms with Crippen LogP contribution in [0.4, 0.5) is 0 Å². The Hall–Kier alpha value is -3.10. The third-order valence-electron chi connectivity index (χ3n) is 6.14. The number of amides is 2. The van der Waals surface area contributed by atoms with E-state index in [2.05, 4.69) is 10.4 Å². The van der Waals surface area contributed by atoms with Crippen LogP contribution in [0.25, 0.3) is 11.7 Å². The Labute approximate surface area is 186 Å². The van der Waals surface area contributed by atoms with Crippen molar-refractivity contribution in [3.8, 4) is 5.88 Å². The van der Waals surface area contributed by atoms with Gasteiger partial charge >= 0.3 is 0 Å². The number of aryl methyl sites for hydroxylation is 1. The van der Waals surface area contributed by atoms with E-state index in [1.54, 1.807) is 13.0 Å². The zero-order valence-corrected chi connectivity index (χ0v) is 19.1. The summed E-state index contributed by atoms with van der Waals surface area (Å²) in [6.45, 7) is 8.80. The fourth-order valence-electron chi connectivity index (χ4n) is 4.29. The normalized spacial score (nSPS) is 18.9. The van der Waals surface area contributed by atoms with Crippen molar-refractivity contribution in [3.63, 3.8) is 0 Å². The van der Waals surface area contributed by atoms with E-state index in [1.165, 1.54) is 15.2 Å². The zero-order chi connectivity index (χ0) is 23.2. The molecule has 2 aromatic rings. The number of aromatic nitrogens is 3. The van der Waals surface area contributed by atoms with Gasteiger partial charge in [-0.15, -0.1) is 0 Å². The maximum Gasteiger partial charge on any atom is 0.270 e. The second kappa shape index (κ2) is 8.44. The lowest BCUT2D eigenvalue weighted by Crippen LogP contribution is -2.36. The molecule has 1 unspecified atom stereocenters. The number of hydrogen-bond acceptors (Lipinski definition) is 5. The lowest BCUT2D eigenvalue weighted by Gasteiger charge is -2.19. The molecule has 3 heterocycles. The van der Waals surface area contributed by atoms with Crippen LogP contribution in [0.3, 0.4) is 0 Å². The Bertz CT molecular complexity index is 1160. The predicted molar refractivity (Wildman–Crippen MR) is 121 cm³/mol. The van der Waals surface area contributed by atoms with E-state index >= 15 is 0 Å². The minimum Gasteiger partial charge on any atom is -0.492 e. The van der Waals surface area contributed by atoms with E-state index in [4.69, 9.17) is 0 Å². The summed E-state index contributed by atoms with van der Waals surface area (Å²) in [6.07, 6.45) is 6.88. The van der Waals surface area contributed by atoms with Gasteiger partial charge in [-0.05, 0) is 51.5 Å². The molecule has 0 spiro atoms. The second-order valence-electron chi connectivity index (χ2n) is 9.35. The van der Waals surface area contributed by atoms with Crippen LogP contribution in [0.1, 0.15) is 68.1 Å². The lowest BCUT2D eigenvalue weighted by molar-refractivity contribution is -0.126. The molecule has 1 aliphatic carbocycles. The van der Waals surface area contributed by atoms with Crippen molar-refractivity contribution in [3.05, 3.63) is 33.3 Å². The SMILES string of the molecule is Cc1nn2c(O)c(C(=O)NC3CC3)c(=O)n(CC(C)C)c2c1C=CC(=O)N1CCCC1C. The smallest absolute Gasteiger partial charge is 0.270 e. The van der Waals surface area contributed by atoms with Gasteiger partial charge in [0.05, 0.1) is 5.69 Å². The fraction of sp³-hybridized carbons (Fsp3) is 0.565. The van der Waals surface area contributed by atoms with Crippen molar-refractivity contribution in [2.24, 2.45) is 5.92 Å². The molecule has 2 amide bonds. The number of nitrogens with one attached hydrogen (secondary N) is 1. The Morgan fingerprint density at radius 3 is 2.59 bits per heavy atom. The van der Waals surface area contributed by atoms with E-state index in [9.17, 15) is 19.5 Å². The summed E-state index contributed by atoms with van der Waals surface area (Å²) in [5.74, 6) is -1.04. The minimum atomic E-state index is -0.585. The van der Waals surface area contributed by atoms with Crippen LogP contribution in [-0.4, -0.2) is 54.6 Å². The van der Waals surface area contributed by atoms with Crippen LogP contribution in [0.15, 0.2) is 10.9 Å². The van der Waals surface area contributed by atoms with E-state index in [0.29, 0.717) is 23.4 Å². The summed E-state index contributed by atoms with van der Waals surface area (Å²) in [7, 11) is 0. The monoisotopic (exact) mass is 441 g/mol. The van der Waals surface area contributed by atoms with Gasteiger partial charge in [-0.2, -0.15) is 9.61 Å². The number of carbonyl (C=O) groups is 2. The minimum absolute atomic E-state index is 0.0485. The van der Waals surface area contributed by atoms with Crippen LogP contribution in [0.2, 0.25) is 0 Å². The van der Waals surface area contributed by atoms with Crippen molar-refractivity contribution in [2.45, 2.75) is 72.0 Å². The largest absolute Gasteiger partial charge is 0.492 e. The topological polar surface area (TPSA) is 109 Å². The van der Waals surface area contributed by atoms with Gasteiger partial charge in [0.25, 0.3) is 11.5 Å². The molecule has 9 heteroatoms. The molecular weight excluding hydrogens is 410 g/mol. The van der Waals surface area contributed by atoms with E-state index in [0.717, 1.165) is 32.2 Å². The summed E-state index contributed by atoms with van der Waals surface area (Å²) in [5.41, 5.74) is 0.643. The van der Waals surface area contributed by atoms with Crippen LogP contribution in [0.5, 0.6) is 5.88 Å². The second-order valence-corrected chi connectivity index (χ2v) is 9.35. The standard InChI is InChI=1S/C23H31N5O4/c1-13(2)12-27-21-17(9-10-18(29)26-11-5-6-14(26)3)15(4)25-28(21)23(32)19(22(27)31)20(30)24-16-7-8-16/h9-10,13-14,16,32H,5-8,11-12H2,1-4H3,(H,24,30). The lowest BCUT2D eigenvalue weighted by atomic mass is 10.1. The molecule has 4 rings (SSSR count). The molecular formula is C23H31N5O4. The Morgan fingerprint density at radius 2 is 2.00 bits per heavy atom. The Morgan fingerprint density at radius 1 is 1.28 bits per heavy atom. The van der Waals surface area contributed by atoms with Crippen LogP contribution in [-0.2, 0) is 11.3 Å². The molecule has 0 aromatic carbocycles. The quantitative estimate of drug-likeness (QED) is 0.667. The summed E-state index contributed by atoms with van der Waals surface area (Å²) in [6, 6.07) is 0.250. The van der Waals surface area contributed by atoms with E-state index in [-0.39, 0.29) is 29.5 Å². The number of aromatic hydroxyl groups is 1. The number of carbonyl (C=O) groups excluding carboxylic acids is 2. The van der Waals surface area contributed by atoms with Gasteiger partial charge in [-0.1, -0.05) is 13.8 Å². The summed E-state index contributed by atoms with van der Waals surface area (Å²) in [4.78, 5) is 40.6. The molecule has 0 radical (unpaired) electrons. The van der Waals surface area contributed by atoms with Crippen LogP contribution >= 0.6 is 0 Å². The molecule has 9 nitrogen and oxygen atoms in total. The van der Waals surface area contributed by atoms with Crippen molar-refractivity contribution >= 4 is 23.5 Å². The van der Waals surface area contributed by atoms with Crippen LogP contribution < -0.4 is 10.9 Å². The molecule has 2 fully saturated rings. The molecule has 2 N–H and O–H groups in total. The van der Waals surface area contributed by atoms with E-state index < -0.39 is 17.3 Å². The molecule has 1 saturated carbocycles. The fourth-order valence-corrected chi connectivity index (χ4v) is 4.29. The Balaban J connectivity index is 1.83. The summed E-state index contributed by atoms with van der Waals surface area (Å²) >= 11 is 0. The number of rotatable bonds is 6. The number of nitrogens with zero attached hydrogens (tertiary/aromatic N) is 4. The average molecular weight is 442 g/mol. The van der Waals surface area contributed by atoms with Crippen LogP contribution in [0, 0.1) is 12.8 Å². The van der Waals surface area contributed by atoms with E-state index in [1.807, 2.05) is 25.7 Å². The molecule has 32 heavy (non-hydrogen) atoms. The van der Waals surface area contributed by atoms with Gasteiger partial charge in [0.15, 0.2) is 5.56 Å². The van der Waals surface area contributed by atoms with Gasteiger partial charge in [0.2, 0.25) is 11.8 Å². The highest BCUT2D eigenvalue weighted by molar-refractivity contribution is 5.97. The molecule has 1 aliphatic heterocycles.